The zero-order chi connectivity index (χ0) is 21.1. The molecule has 0 unspecified atom stereocenters. The third-order valence-electron chi connectivity index (χ3n) is 2.62. The van der Waals surface area contributed by atoms with Crippen LogP contribution >= 0.6 is 22.7 Å². The number of carbonyl (C=O) groups is 2. The molecular formula is C18H18CoN4O4S2. The van der Waals surface area contributed by atoms with E-state index in [9.17, 15) is 0 Å². The van der Waals surface area contributed by atoms with E-state index < -0.39 is 11.9 Å². The smallest absolute Gasteiger partial charge is 0.550 e. The molecule has 0 aliphatic carbocycles. The average molecular weight is 477 g/mol. The Bertz CT molecular complexity index is 894. The number of thiazole rings is 2. The number of carboxylic acid groups (broad SMARTS) is 2. The van der Waals surface area contributed by atoms with Crippen LogP contribution in [-0.2, 0) is 26.4 Å². The quantitative estimate of drug-likeness (QED) is 0.383. The standard InChI is InChI=1S/2C7H6N2S.2C2H4O2.Co/c2*8-7-9-5-3-1-2-4-6(5)10-7;2*1-2(3)4;/h2*1-4H,(H2,8,9);2*1H3,(H,3,4);/q;;;;+2/p-2. The largest absolute Gasteiger partial charge is 2.00 e. The summed E-state index contributed by atoms with van der Waals surface area (Å²) in [5.74, 6) is -2.17. The fourth-order valence-electron chi connectivity index (χ4n) is 1.78. The maximum absolute atomic E-state index is 8.89. The number of carbonyl (C=O) groups excluding carboxylic acids is 2. The van der Waals surface area contributed by atoms with Gasteiger partial charge in [0.05, 0.1) is 20.4 Å². The van der Waals surface area contributed by atoms with Gasteiger partial charge in [-0.1, -0.05) is 46.9 Å². The van der Waals surface area contributed by atoms with E-state index in [4.69, 9.17) is 31.3 Å². The first-order valence-corrected chi connectivity index (χ1v) is 9.39. The summed E-state index contributed by atoms with van der Waals surface area (Å²) in [5.41, 5.74) is 13.0. The van der Waals surface area contributed by atoms with Crippen molar-refractivity contribution in [3.05, 3.63) is 48.5 Å². The third kappa shape index (κ3) is 11.0. The van der Waals surface area contributed by atoms with Gasteiger partial charge in [-0.25, -0.2) is 9.97 Å². The van der Waals surface area contributed by atoms with Gasteiger partial charge in [-0.05, 0) is 38.1 Å². The Balaban J connectivity index is 0.000000391. The summed E-state index contributed by atoms with van der Waals surface area (Å²) in [4.78, 5) is 26.0. The van der Waals surface area contributed by atoms with Crippen LogP contribution in [0.3, 0.4) is 0 Å². The maximum Gasteiger partial charge on any atom is 2.00 e. The van der Waals surface area contributed by atoms with E-state index in [0.29, 0.717) is 10.3 Å². The van der Waals surface area contributed by atoms with Crippen molar-refractivity contribution in [3.8, 4) is 0 Å². The molecule has 2 heterocycles. The average Bonchev–Trinajstić information content (AvgIpc) is 3.14. The molecule has 8 nitrogen and oxygen atoms in total. The number of nitrogen functional groups attached to an aromatic ring is 2. The SMILES string of the molecule is CC(=O)[O-].CC(=O)[O-].Nc1nc2ccccc2s1.Nc1nc2ccccc2s1.[Co+2]. The van der Waals surface area contributed by atoms with Gasteiger partial charge in [0.1, 0.15) is 0 Å². The van der Waals surface area contributed by atoms with E-state index in [2.05, 4.69) is 9.97 Å². The molecule has 0 aliphatic heterocycles. The first-order chi connectivity index (χ1) is 13.2. The van der Waals surface area contributed by atoms with E-state index in [1.54, 1.807) is 0 Å². The van der Waals surface area contributed by atoms with Crippen molar-refractivity contribution in [2.75, 3.05) is 11.5 Å². The normalized spacial score (nSPS) is 8.90. The number of para-hydroxylation sites is 2. The summed E-state index contributed by atoms with van der Waals surface area (Å²) in [6.07, 6.45) is 0. The van der Waals surface area contributed by atoms with Gasteiger partial charge < -0.3 is 31.3 Å². The van der Waals surface area contributed by atoms with Gasteiger partial charge >= 0.3 is 16.8 Å². The van der Waals surface area contributed by atoms with Gasteiger partial charge in [-0.2, -0.15) is 0 Å². The van der Waals surface area contributed by atoms with E-state index in [1.807, 2.05) is 48.5 Å². The molecule has 0 saturated heterocycles. The van der Waals surface area contributed by atoms with Crippen LogP contribution in [0.15, 0.2) is 48.5 Å². The van der Waals surface area contributed by atoms with E-state index in [1.165, 1.54) is 22.7 Å². The van der Waals surface area contributed by atoms with Gasteiger partial charge in [0.25, 0.3) is 0 Å². The van der Waals surface area contributed by atoms with Crippen LogP contribution in [0, 0.1) is 0 Å². The van der Waals surface area contributed by atoms with Gasteiger partial charge in [0.2, 0.25) is 0 Å². The molecule has 0 bridgehead atoms. The number of hydrogen-bond donors (Lipinski definition) is 2. The number of aliphatic carboxylic acids is 2. The van der Waals surface area contributed by atoms with Gasteiger partial charge in [0, 0.05) is 11.9 Å². The van der Waals surface area contributed by atoms with Crippen molar-refractivity contribution >= 4 is 65.3 Å². The molecule has 0 saturated carbocycles. The molecule has 0 atom stereocenters. The summed E-state index contributed by atoms with van der Waals surface area (Å²) in [5, 5.41) is 19.1. The number of aromatic nitrogens is 2. The fraction of sp³-hybridized carbons (Fsp3) is 0.111. The third-order valence-corrected chi connectivity index (χ3v) is 4.35. The van der Waals surface area contributed by atoms with Crippen molar-refractivity contribution in [1.82, 2.24) is 9.97 Å². The molecular weight excluding hydrogens is 459 g/mol. The molecule has 0 spiro atoms. The second-order valence-electron chi connectivity index (χ2n) is 5.02. The van der Waals surface area contributed by atoms with Gasteiger partial charge in [0.15, 0.2) is 10.3 Å². The minimum absolute atomic E-state index is 0. The Morgan fingerprint density at radius 3 is 1.31 bits per heavy atom. The Kier molecular flexibility index (Phi) is 12.2. The number of rotatable bonds is 0. The van der Waals surface area contributed by atoms with E-state index in [-0.39, 0.29) is 16.8 Å². The zero-order valence-corrected chi connectivity index (χ0v) is 18.1. The molecule has 0 amide bonds. The predicted molar refractivity (Wildman–Crippen MR) is 109 cm³/mol. The Labute approximate surface area is 185 Å². The zero-order valence-electron chi connectivity index (χ0n) is 15.5. The van der Waals surface area contributed by atoms with Crippen LogP contribution in [0.4, 0.5) is 10.3 Å². The predicted octanol–water partition coefficient (Wildman–Crippen LogP) is 1.27. The topological polar surface area (TPSA) is 158 Å². The molecule has 0 fully saturated rings. The van der Waals surface area contributed by atoms with Crippen LogP contribution in [0.2, 0.25) is 0 Å². The first kappa shape index (κ1) is 26.3. The number of anilines is 2. The molecule has 4 N–H and O–H groups in total. The molecule has 29 heavy (non-hydrogen) atoms. The van der Waals surface area contributed by atoms with Crippen LogP contribution < -0.4 is 21.7 Å². The Morgan fingerprint density at radius 2 is 1.03 bits per heavy atom. The minimum atomic E-state index is -1.08. The van der Waals surface area contributed by atoms with Crippen LogP contribution in [0.5, 0.6) is 0 Å². The summed E-state index contributed by atoms with van der Waals surface area (Å²) < 4.78 is 2.31. The van der Waals surface area contributed by atoms with Crippen molar-refractivity contribution < 1.29 is 36.6 Å². The molecule has 11 heteroatoms. The molecule has 155 valence electrons. The summed E-state index contributed by atoms with van der Waals surface area (Å²) >= 11 is 3.04. The molecule has 0 aliphatic rings. The van der Waals surface area contributed by atoms with Gasteiger partial charge in [-0.15, -0.1) is 0 Å². The summed E-state index contributed by atoms with van der Waals surface area (Å²) in [7, 11) is 0. The maximum atomic E-state index is 8.89. The number of nitrogens with two attached hydrogens (primary N) is 2. The minimum Gasteiger partial charge on any atom is -0.550 e. The molecule has 1 radical (unpaired) electrons. The van der Waals surface area contributed by atoms with Crippen molar-refractivity contribution in [1.29, 1.82) is 0 Å². The van der Waals surface area contributed by atoms with Crippen LogP contribution in [0.1, 0.15) is 13.8 Å². The number of carboxylic acids is 2. The van der Waals surface area contributed by atoms with Crippen molar-refractivity contribution in [3.63, 3.8) is 0 Å². The van der Waals surface area contributed by atoms with E-state index in [0.717, 1.165) is 34.3 Å². The van der Waals surface area contributed by atoms with Gasteiger partial charge in [-0.3, -0.25) is 0 Å². The first-order valence-electron chi connectivity index (χ1n) is 7.76. The van der Waals surface area contributed by atoms with Crippen LogP contribution in [-0.4, -0.2) is 21.9 Å². The Hall–Kier alpha value is -2.73. The summed E-state index contributed by atoms with van der Waals surface area (Å²) in [6.45, 7) is 1.94. The molecule has 2 aromatic heterocycles. The Morgan fingerprint density at radius 1 is 0.759 bits per heavy atom. The van der Waals surface area contributed by atoms with Crippen molar-refractivity contribution in [2.45, 2.75) is 13.8 Å². The molecule has 4 rings (SSSR count). The summed E-state index contributed by atoms with van der Waals surface area (Å²) in [6, 6.07) is 15.8. The second-order valence-corrected chi connectivity index (χ2v) is 7.15. The second kappa shape index (κ2) is 13.4. The molecule has 2 aromatic carbocycles. The number of benzene rings is 2. The van der Waals surface area contributed by atoms with Crippen molar-refractivity contribution in [2.24, 2.45) is 0 Å². The van der Waals surface area contributed by atoms with E-state index >= 15 is 0 Å². The number of nitrogens with zero attached hydrogens (tertiary/aromatic N) is 2. The number of hydrogen-bond acceptors (Lipinski definition) is 10. The molecule has 4 aromatic rings. The number of fused-ring (bicyclic) bond motifs is 2. The monoisotopic (exact) mass is 477 g/mol. The fourth-order valence-corrected chi connectivity index (χ4v) is 3.25. The van der Waals surface area contributed by atoms with Crippen LogP contribution in [0.25, 0.3) is 20.4 Å².